The topological polar surface area (TPSA) is 95.9 Å². The molecule has 6 heteroatoms. The quantitative estimate of drug-likeness (QED) is 0.0322. The minimum absolute atomic E-state index is 0.000502. The van der Waals surface area contributed by atoms with E-state index in [4.69, 9.17) is 4.74 Å². The molecule has 1 amide bonds. The van der Waals surface area contributed by atoms with Crippen molar-refractivity contribution < 1.29 is 24.5 Å². The number of hydrogen-bond donors (Lipinski definition) is 3. The summed E-state index contributed by atoms with van der Waals surface area (Å²) in [4.78, 5) is 24.4. The van der Waals surface area contributed by atoms with Gasteiger partial charge in [0.2, 0.25) is 5.91 Å². The van der Waals surface area contributed by atoms with Gasteiger partial charge in [-0.3, -0.25) is 9.59 Å². The van der Waals surface area contributed by atoms with Crippen LogP contribution in [0.1, 0.15) is 290 Å². The maximum absolute atomic E-state index is 12.4. The second-order valence-corrected chi connectivity index (χ2v) is 18.2. The minimum Gasteiger partial charge on any atom is -0.466 e. The van der Waals surface area contributed by atoms with Crippen LogP contribution in [-0.2, 0) is 14.3 Å². The van der Waals surface area contributed by atoms with Gasteiger partial charge in [0.05, 0.1) is 25.4 Å². The number of aliphatic hydroxyl groups excluding tert-OH is 2. The highest BCUT2D eigenvalue weighted by molar-refractivity contribution is 5.76. The monoisotopic (exact) mass is 834 g/mol. The fourth-order valence-electron chi connectivity index (χ4n) is 8.21. The number of unbranched alkanes of at least 4 members (excludes halogenated alkanes) is 36. The average Bonchev–Trinajstić information content (AvgIpc) is 3.24. The molecule has 0 aromatic carbocycles. The highest BCUT2D eigenvalue weighted by atomic mass is 16.5. The molecule has 0 aliphatic rings. The number of esters is 1. The van der Waals surface area contributed by atoms with Crippen LogP contribution in [0, 0.1) is 0 Å². The minimum atomic E-state index is -0.663. The Morgan fingerprint density at radius 1 is 0.458 bits per heavy atom. The summed E-state index contributed by atoms with van der Waals surface area (Å²) < 4.78 is 5.45. The first-order valence-corrected chi connectivity index (χ1v) is 26.4. The van der Waals surface area contributed by atoms with Crippen LogP contribution in [0.15, 0.2) is 12.2 Å². The molecule has 3 N–H and O–H groups in total. The number of allylic oxidation sites excluding steroid dienone is 2. The molecule has 0 saturated carbocycles. The zero-order chi connectivity index (χ0) is 43.0. The van der Waals surface area contributed by atoms with Gasteiger partial charge in [0.15, 0.2) is 0 Å². The van der Waals surface area contributed by atoms with Crippen molar-refractivity contribution in [3.05, 3.63) is 12.2 Å². The standard InChI is InChI=1S/C53H103NO5/c1-3-5-7-9-11-13-25-29-33-37-41-45-51(56)50(49-55)54-52(57)46-42-38-34-30-27-23-21-19-17-15-16-18-20-22-24-28-32-36-40-44-48-59-53(58)47-43-39-35-31-26-14-12-10-8-6-4-2/h10,12,50-51,55-56H,3-9,11,13-49H2,1-2H3,(H,54,57)/b12-10-. The summed E-state index contributed by atoms with van der Waals surface area (Å²) in [5, 5.41) is 23.1. The normalized spacial score (nSPS) is 12.7. The van der Waals surface area contributed by atoms with E-state index in [1.165, 1.54) is 212 Å². The summed E-state index contributed by atoms with van der Waals surface area (Å²) in [7, 11) is 0. The van der Waals surface area contributed by atoms with Crippen LogP contribution in [0.5, 0.6) is 0 Å². The predicted octanol–water partition coefficient (Wildman–Crippen LogP) is 15.7. The third-order valence-corrected chi connectivity index (χ3v) is 12.3. The maximum Gasteiger partial charge on any atom is 0.305 e. The number of nitrogens with one attached hydrogen (secondary N) is 1. The Labute approximate surface area is 368 Å². The first-order chi connectivity index (χ1) is 29.0. The van der Waals surface area contributed by atoms with Crippen LogP contribution in [0.2, 0.25) is 0 Å². The highest BCUT2D eigenvalue weighted by Gasteiger charge is 2.20. The van der Waals surface area contributed by atoms with Crippen LogP contribution in [0.25, 0.3) is 0 Å². The molecule has 2 atom stereocenters. The Hall–Kier alpha value is -1.40. The van der Waals surface area contributed by atoms with Crippen LogP contribution >= 0.6 is 0 Å². The molecule has 59 heavy (non-hydrogen) atoms. The van der Waals surface area contributed by atoms with E-state index in [9.17, 15) is 19.8 Å². The molecule has 2 unspecified atom stereocenters. The zero-order valence-corrected chi connectivity index (χ0v) is 39.7. The largest absolute Gasteiger partial charge is 0.466 e. The van der Waals surface area contributed by atoms with E-state index in [2.05, 4.69) is 31.3 Å². The lowest BCUT2D eigenvalue weighted by molar-refractivity contribution is -0.143. The molecule has 0 spiro atoms. The Kier molecular flexibility index (Phi) is 48.1. The SMILES string of the molecule is CCCC/C=C\CCCCCCCC(=O)OCCCCCCCCCCCCCCCCCCCCCCC(=O)NC(CO)C(O)CCCCCCCCCCCCC. The van der Waals surface area contributed by atoms with Crippen molar-refractivity contribution in [1.82, 2.24) is 5.32 Å². The lowest BCUT2D eigenvalue weighted by Gasteiger charge is -2.22. The second-order valence-electron chi connectivity index (χ2n) is 18.2. The molecular formula is C53H103NO5. The van der Waals surface area contributed by atoms with Crippen molar-refractivity contribution in [3.63, 3.8) is 0 Å². The van der Waals surface area contributed by atoms with Gasteiger partial charge in [-0.1, -0.05) is 244 Å². The Morgan fingerprint density at radius 2 is 0.814 bits per heavy atom. The van der Waals surface area contributed by atoms with E-state index in [0.29, 0.717) is 25.9 Å². The molecule has 0 radical (unpaired) electrons. The number of aliphatic hydroxyl groups is 2. The number of carbonyl (C=O) groups is 2. The lowest BCUT2D eigenvalue weighted by Crippen LogP contribution is -2.45. The molecule has 0 aromatic heterocycles. The predicted molar refractivity (Wildman–Crippen MR) is 255 cm³/mol. The van der Waals surface area contributed by atoms with Crippen molar-refractivity contribution in [2.24, 2.45) is 0 Å². The molecule has 6 nitrogen and oxygen atoms in total. The first kappa shape index (κ1) is 57.6. The molecule has 0 heterocycles. The summed E-state index contributed by atoms with van der Waals surface area (Å²) in [6, 6.07) is -0.540. The fourth-order valence-corrected chi connectivity index (χ4v) is 8.21. The number of carbonyl (C=O) groups excluding carboxylic acids is 2. The van der Waals surface area contributed by atoms with Gasteiger partial charge in [-0.05, 0) is 44.9 Å². The Bertz CT molecular complexity index is 878. The van der Waals surface area contributed by atoms with Crippen LogP contribution < -0.4 is 5.32 Å². The smallest absolute Gasteiger partial charge is 0.305 e. The Morgan fingerprint density at radius 3 is 1.25 bits per heavy atom. The van der Waals surface area contributed by atoms with Gasteiger partial charge in [0.1, 0.15) is 0 Å². The maximum atomic E-state index is 12.4. The molecule has 0 aliphatic heterocycles. The third-order valence-electron chi connectivity index (χ3n) is 12.3. The molecule has 0 saturated heterocycles. The summed E-state index contributed by atoms with van der Waals surface area (Å²) in [5.41, 5.74) is 0. The van der Waals surface area contributed by atoms with Crippen LogP contribution in [0.3, 0.4) is 0 Å². The average molecular weight is 834 g/mol. The van der Waals surface area contributed by atoms with Gasteiger partial charge in [-0.15, -0.1) is 0 Å². The van der Waals surface area contributed by atoms with Gasteiger partial charge in [-0.2, -0.15) is 0 Å². The van der Waals surface area contributed by atoms with Gasteiger partial charge < -0.3 is 20.3 Å². The van der Waals surface area contributed by atoms with Crippen LogP contribution in [0.4, 0.5) is 0 Å². The van der Waals surface area contributed by atoms with Crippen molar-refractivity contribution in [2.45, 2.75) is 302 Å². The molecule has 0 rings (SSSR count). The van der Waals surface area contributed by atoms with Gasteiger partial charge in [-0.25, -0.2) is 0 Å². The number of hydrogen-bond acceptors (Lipinski definition) is 5. The summed E-state index contributed by atoms with van der Waals surface area (Å²) in [6.45, 7) is 4.90. The van der Waals surface area contributed by atoms with E-state index in [1.54, 1.807) is 0 Å². The molecule has 0 aliphatic carbocycles. The summed E-state index contributed by atoms with van der Waals surface area (Å²) >= 11 is 0. The molecule has 350 valence electrons. The second kappa shape index (κ2) is 49.3. The molecule has 0 bridgehead atoms. The van der Waals surface area contributed by atoms with E-state index >= 15 is 0 Å². The molecular weight excluding hydrogens is 731 g/mol. The van der Waals surface area contributed by atoms with E-state index in [-0.39, 0.29) is 18.5 Å². The molecule has 0 fully saturated rings. The fraction of sp³-hybridized carbons (Fsp3) is 0.925. The van der Waals surface area contributed by atoms with Gasteiger partial charge in [0, 0.05) is 12.8 Å². The summed E-state index contributed by atoms with van der Waals surface area (Å²) in [5.74, 6) is -0.0380. The first-order valence-electron chi connectivity index (χ1n) is 26.4. The van der Waals surface area contributed by atoms with Crippen molar-refractivity contribution in [1.29, 1.82) is 0 Å². The van der Waals surface area contributed by atoms with Crippen molar-refractivity contribution in [3.8, 4) is 0 Å². The lowest BCUT2D eigenvalue weighted by atomic mass is 10.0. The zero-order valence-electron chi connectivity index (χ0n) is 39.7. The molecule has 0 aromatic rings. The number of amides is 1. The number of rotatable bonds is 49. The Balaban J connectivity index is 3.38. The highest BCUT2D eigenvalue weighted by Crippen LogP contribution is 2.17. The van der Waals surface area contributed by atoms with Gasteiger partial charge in [0.25, 0.3) is 0 Å². The van der Waals surface area contributed by atoms with Crippen LogP contribution in [-0.4, -0.2) is 47.4 Å². The van der Waals surface area contributed by atoms with E-state index < -0.39 is 12.1 Å². The third kappa shape index (κ3) is 45.9. The van der Waals surface area contributed by atoms with E-state index in [1.807, 2.05) is 0 Å². The van der Waals surface area contributed by atoms with Gasteiger partial charge >= 0.3 is 5.97 Å². The number of ether oxygens (including phenoxy) is 1. The summed E-state index contributed by atoms with van der Waals surface area (Å²) in [6.07, 6.45) is 56.2. The van der Waals surface area contributed by atoms with E-state index in [0.717, 1.165) is 44.9 Å². The van der Waals surface area contributed by atoms with Crippen molar-refractivity contribution in [2.75, 3.05) is 13.2 Å². The van der Waals surface area contributed by atoms with Crippen molar-refractivity contribution >= 4 is 11.9 Å².